The van der Waals surface area contributed by atoms with E-state index in [0.29, 0.717) is 12.1 Å². The van der Waals surface area contributed by atoms with E-state index in [9.17, 15) is 0 Å². The summed E-state index contributed by atoms with van der Waals surface area (Å²) < 4.78 is 0. The minimum atomic E-state index is 0.371. The second-order valence-corrected chi connectivity index (χ2v) is 4.66. The molecule has 2 rings (SSSR count). The van der Waals surface area contributed by atoms with Gasteiger partial charge in [0.1, 0.15) is 5.82 Å². The van der Waals surface area contributed by atoms with Crippen LogP contribution in [0.1, 0.15) is 37.8 Å². The zero-order chi connectivity index (χ0) is 11.5. The van der Waals surface area contributed by atoms with Gasteiger partial charge in [-0.1, -0.05) is 6.07 Å². The smallest absolute Gasteiger partial charge is 0.128 e. The first-order valence-corrected chi connectivity index (χ1v) is 6.08. The third-order valence-electron chi connectivity index (χ3n) is 3.69. The van der Waals surface area contributed by atoms with Gasteiger partial charge in [0.25, 0.3) is 0 Å². The van der Waals surface area contributed by atoms with E-state index in [2.05, 4.69) is 41.3 Å². The molecule has 0 radical (unpaired) electrons. The monoisotopic (exact) mass is 219 g/mol. The van der Waals surface area contributed by atoms with Gasteiger partial charge in [-0.3, -0.25) is 0 Å². The van der Waals surface area contributed by atoms with Crippen LogP contribution in [-0.4, -0.2) is 25.1 Å². The van der Waals surface area contributed by atoms with Gasteiger partial charge in [-0.15, -0.1) is 0 Å². The van der Waals surface area contributed by atoms with Crippen molar-refractivity contribution in [3.8, 4) is 0 Å². The first-order valence-electron chi connectivity index (χ1n) is 6.08. The molecular weight excluding hydrogens is 198 g/mol. The molecule has 0 saturated heterocycles. The Morgan fingerprint density at radius 1 is 1.44 bits per heavy atom. The molecule has 1 aliphatic rings. The summed E-state index contributed by atoms with van der Waals surface area (Å²) in [5, 5.41) is 3.22. The molecule has 1 aromatic rings. The molecule has 1 aromatic heterocycles. The number of nitrogens with one attached hydrogen (secondary N) is 1. The van der Waals surface area contributed by atoms with Crippen LogP contribution < -0.4 is 10.2 Å². The highest BCUT2D eigenvalue weighted by atomic mass is 15.2. The maximum atomic E-state index is 4.54. The van der Waals surface area contributed by atoms with Crippen molar-refractivity contribution in [3.63, 3.8) is 0 Å². The quantitative estimate of drug-likeness (QED) is 0.842. The molecule has 1 N–H and O–H groups in total. The van der Waals surface area contributed by atoms with Gasteiger partial charge in [0.2, 0.25) is 0 Å². The van der Waals surface area contributed by atoms with E-state index >= 15 is 0 Å². The Morgan fingerprint density at radius 3 is 2.62 bits per heavy atom. The average Bonchev–Trinajstić information content (AvgIpc) is 2.26. The molecule has 1 atom stereocenters. The van der Waals surface area contributed by atoms with E-state index in [4.69, 9.17) is 0 Å². The van der Waals surface area contributed by atoms with E-state index in [1.165, 1.54) is 24.8 Å². The van der Waals surface area contributed by atoms with Crippen molar-refractivity contribution in [1.82, 2.24) is 10.3 Å². The van der Waals surface area contributed by atoms with Gasteiger partial charge in [-0.05, 0) is 44.9 Å². The molecule has 0 spiro atoms. The molecule has 88 valence electrons. The fourth-order valence-electron chi connectivity index (χ4n) is 1.99. The summed E-state index contributed by atoms with van der Waals surface area (Å²) in [6.45, 7) is 2.15. The number of hydrogen-bond donors (Lipinski definition) is 1. The van der Waals surface area contributed by atoms with Crippen molar-refractivity contribution < 1.29 is 0 Å². The Labute approximate surface area is 97.9 Å². The third kappa shape index (κ3) is 2.19. The Morgan fingerprint density at radius 2 is 2.19 bits per heavy atom. The van der Waals surface area contributed by atoms with E-state index in [1.807, 2.05) is 13.2 Å². The second kappa shape index (κ2) is 4.83. The average molecular weight is 219 g/mol. The minimum Gasteiger partial charge on any atom is -0.357 e. The summed E-state index contributed by atoms with van der Waals surface area (Å²) in [6, 6.07) is 5.37. The number of anilines is 1. The van der Waals surface area contributed by atoms with Gasteiger partial charge in [-0.25, -0.2) is 4.98 Å². The van der Waals surface area contributed by atoms with Gasteiger partial charge in [0.05, 0.1) is 0 Å². The Hall–Kier alpha value is -1.09. The molecular formula is C13H21N3. The molecule has 3 nitrogen and oxygen atoms in total. The normalized spacial score (nSPS) is 17.9. The van der Waals surface area contributed by atoms with Gasteiger partial charge in [0.15, 0.2) is 0 Å². The second-order valence-electron chi connectivity index (χ2n) is 4.66. The van der Waals surface area contributed by atoms with Crippen LogP contribution in [0.5, 0.6) is 0 Å². The molecule has 1 fully saturated rings. The molecule has 0 bridgehead atoms. The Balaban J connectivity index is 2.06. The van der Waals surface area contributed by atoms with Gasteiger partial charge in [-0.2, -0.15) is 0 Å². The SMILES string of the molecule is CNC(C)c1ccc(N(C)C2CCC2)nc1. The van der Waals surface area contributed by atoms with E-state index < -0.39 is 0 Å². The summed E-state index contributed by atoms with van der Waals surface area (Å²) >= 11 is 0. The lowest BCUT2D eigenvalue weighted by atomic mass is 9.92. The molecule has 1 unspecified atom stereocenters. The van der Waals surface area contributed by atoms with E-state index in [1.54, 1.807) is 0 Å². The highest BCUT2D eigenvalue weighted by Crippen LogP contribution is 2.27. The van der Waals surface area contributed by atoms with Crippen LogP contribution in [0.15, 0.2) is 18.3 Å². The van der Waals surface area contributed by atoms with Crippen LogP contribution in [0.25, 0.3) is 0 Å². The highest BCUT2D eigenvalue weighted by Gasteiger charge is 2.22. The van der Waals surface area contributed by atoms with Crippen LogP contribution in [0.2, 0.25) is 0 Å². The van der Waals surface area contributed by atoms with Crippen molar-refractivity contribution in [2.24, 2.45) is 0 Å². The van der Waals surface area contributed by atoms with Crippen molar-refractivity contribution >= 4 is 5.82 Å². The van der Waals surface area contributed by atoms with Crippen molar-refractivity contribution in [1.29, 1.82) is 0 Å². The Bertz CT molecular complexity index is 330. The minimum absolute atomic E-state index is 0.371. The van der Waals surface area contributed by atoms with Crippen LogP contribution >= 0.6 is 0 Å². The third-order valence-corrected chi connectivity index (χ3v) is 3.69. The van der Waals surface area contributed by atoms with Crippen LogP contribution in [0.4, 0.5) is 5.82 Å². The van der Waals surface area contributed by atoms with E-state index in [-0.39, 0.29) is 0 Å². The maximum Gasteiger partial charge on any atom is 0.128 e. The molecule has 0 amide bonds. The highest BCUT2D eigenvalue weighted by molar-refractivity contribution is 5.40. The number of pyridine rings is 1. The predicted molar refractivity (Wildman–Crippen MR) is 67.8 cm³/mol. The molecule has 0 aliphatic heterocycles. The molecule has 1 aliphatic carbocycles. The van der Waals surface area contributed by atoms with Gasteiger partial charge >= 0.3 is 0 Å². The molecule has 1 heterocycles. The number of hydrogen-bond acceptors (Lipinski definition) is 3. The van der Waals surface area contributed by atoms with Crippen LogP contribution in [-0.2, 0) is 0 Å². The summed E-state index contributed by atoms with van der Waals surface area (Å²) in [5.74, 6) is 1.09. The standard InChI is InChI=1S/C13H21N3/c1-10(14-2)11-7-8-13(15-9-11)16(3)12-5-4-6-12/h7-10,12,14H,4-6H2,1-3H3. The predicted octanol–water partition coefficient (Wildman–Crippen LogP) is 2.35. The van der Waals surface area contributed by atoms with Crippen molar-refractivity contribution in [2.45, 2.75) is 38.3 Å². The number of nitrogens with zero attached hydrogens (tertiary/aromatic N) is 2. The summed E-state index contributed by atoms with van der Waals surface area (Å²) in [5.41, 5.74) is 1.24. The summed E-state index contributed by atoms with van der Waals surface area (Å²) in [7, 11) is 4.12. The largest absolute Gasteiger partial charge is 0.357 e. The molecule has 3 heteroatoms. The molecule has 0 aromatic carbocycles. The number of rotatable bonds is 4. The molecule has 1 saturated carbocycles. The first-order chi connectivity index (χ1) is 7.72. The van der Waals surface area contributed by atoms with E-state index in [0.717, 1.165) is 5.82 Å². The van der Waals surface area contributed by atoms with Gasteiger partial charge < -0.3 is 10.2 Å². The summed E-state index contributed by atoms with van der Waals surface area (Å²) in [4.78, 5) is 6.84. The lowest BCUT2D eigenvalue weighted by Gasteiger charge is -2.35. The topological polar surface area (TPSA) is 28.2 Å². The van der Waals surface area contributed by atoms with Crippen molar-refractivity contribution in [2.75, 3.05) is 19.0 Å². The lowest BCUT2D eigenvalue weighted by Crippen LogP contribution is -2.37. The summed E-state index contributed by atoms with van der Waals surface area (Å²) in [6.07, 6.45) is 5.97. The van der Waals surface area contributed by atoms with Gasteiger partial charge in [0, 0.05) is 25.3 Å². The van der Waals surface area contributed by atoms with Crippen molar-refractivity contribution in [3.05, 3.63) is 23.9 Å². The number of aromatic nitrogens is 1. The lowest BCUT2D eigenvalue weighted by molar-refractivity contribution is 0.399. The van der Waals surface area contributed by atoms with Crippen LogP contribution in [0.3, 0.4) is 0 Å². The fraction of sp³-hybridized carbons (Fsp3) is 0.615. The Kier molecular flexibility index (Phi) is 3.44. The zero-order valence-corrected chi connectivity index (χ0v) is 10.4. The molecule has 16 heavy (non-hydrogen) atoms. The zero-order valence-electron chi connectivity index (χ0n) is 10.4. The fourth-order valence-corrected chi connectivity index (χ4v) is 1.99. The van der Waals surface area contributed by atoms with Crippen LogP contribution in [0, 0.1) is 0 Å². The maximum absolute atomic E-state index is 4.54. The first kappa shape index (κ1) is 11.4.